The van der Waals surface area contributed by atoms with E-state index in [4.69, 9.17) is 0 Å². The number of nitrogens with one attached hydrogen (secondary N) is 2. The standard InChI is InChI=1S/C16H30N2O/c1-13(2)12-16(8-3-4-9-16)15(19)18-14-6-5-10-17-11-7-14/h13-14,17H,3-12H2,1-2H3,(H,18,19). The SMILES string of the molecule is CC(C)CC1(C(=O)NC2CCCNCC2)CCCC1. The van der Waals surface area contributed by atoms with Crippen LogP contribution in [0.15, 0.2) is 0 Å². The minimum atomic E-state index is -0.0477. The molecule has 2 N–H and O–H groups in total. The van der Waals surface area contributed by atoms with Crippen molar-refractivity contribution in [1.29, 1.82) is 0 Å². The maximum atomic E-state index is 12.8. The van der Waals surface area contributed by atoms with Gasteiger partial charge >= 0.3 is 0 Å². The maximum Gasteiger partial charge on any atom is 0.226 e. The predicted octanol–water partition coefficient (Wildman–Crippen LogP) is 2.85. The second-order valence-electron chi connectivity index (χ2n) is 6.94. The number of hydrogen-bond donors (Lipinski definition) is 2. The molecule has 3 heteroatoms. The Morgan fingerprint density at radius 3 is 2.63 bits per heavy atom. The van der Waals surface area contributed by atoms with E-state index in [9.17, 15) is 4.79 Å². The summed E-state index contributed by atoms with van der Waals surface area (Å²) in [4.78, 5) is 12.8. The first-order valence-electron chi connectivity index (χ1n) is 8.14. The Morgan fingerprint density at radius 2 is 1.95 bits per heavy atom. The second-order valence-corrected chi connectivity index (χ2v) is 6.94. The number of rotatable bonds is 4. The summed E-state index contributed by atoms with van der Waals surface area (Å²) in [5.74, 6) is 0.963. The highest BCUT2D eigenvalue weighted by molar-refractivity contribution is 5.83. The zero-order chi connectivity index (χ0) is 13.7. The first-order chi connectivity index (χ1) is 9.12. The van der Waals surface area contributed by atoms with Crippen molar-refractivity contribution < 1.29 is 4.79 Å². The van der Waals surface area contributed by atoms with Gasteiger partial charge in [0.2, 0.25) is 5.91 Å². The smallest absolute Gasteiger partial charge is 0.226 e. The van der Waals surface area contributed by atoms with Gasteiger partial charge in [-0.3, -0.25) is 4.79 Å². The molecule has 2 fully saturated rings. The molecule has 1 unspecified atom stereocenters. The summed E-state index contributed by atoms with van der Waals surface area (Å²) >= 11 is 0. The zero-order valence-corrected chi connectivity index (χ0v) is 12.6. The van der Waals surface area contributed by atoms with Crippen LogP contribution in [0.4, 0.5) is 0 Å². The van der Waals surface area contributed by atoms with Crippen LogP contribution in [0.2, 0.25) is 0 Å². The molecule has 1 saturated carbocycles. The fourth-order valence-corrected chi connectivity index (χ4v) is 3.86. The van der Waals surface area contributed by atoms with Crippen molar-refractivity contribution in [2.45, 2.75) is 71.3 Å². The average molecular weight is 266 g/mol. The summed E-state index contributed by atoms with van der Waals surface area (Å²) in [6, 6.07) is 0.395. The fraction of sp³-hybridized carbons (Fsp3) is 0.938. The topological polar surface area (TPSA) is 41.1 Å². The van der Waals surface area contributed by atoms with Crippen molar-refractivity contribution in [3.8, 4) is 0 Å². The van der Waals surface area contributed by atoms with Crippen LogP contribution in [0.3, 0.4) is 0 Å². The van der Waals surface area contributed by atoms with E-state index in [0.29, 0.717) is 17.9 Å². The molecule has 0 spiro atoms. The summed E-state index contributed by atoms with van der Waals surface area (Å²) in [5.41, 5.74) is -0.0477. The Kier molecular flexibility index (Phi) is 5.26. The molecule has 3 nitrogen and oxygen atoms in total. The molecule has 1 heterocycles. The third-order valence-electron chi connectivity index (χ3n) is 4.75. The van der Waals surface area contributed by atoms with E-state index < -0.39 is 0 Å². The molecule has 19 heavy (non-hydrogen) atoms. The fourth-order valence-electron chi connectivity index (χ4n) is 3.86. The summed E-state index contributed by atoms with van der Waals surface area (Å²) in [6.07, 6.45) is 9.12. The molecule has 0 aromatic carbocycles. The van der Waals surface area contributed by atoms with E-state index in [1.54, 1.807) is 0 Å². The van der Waals surface area contributed by atoms with E-state index in [0.717, 1.165) is 45.2 Å². The van der Waals surface area contributed by atoms with Crippen LogP contribution in [0.5, 0.6) is 0 Å². The lowest BCUT2D eigenvalue weighted by Crippen LogP contribution is -2.45. The Labute approximate surface area is 117 Å². The van der Waals surface area contributed by atoms with Gasteiger partial charge in [-0.1, -0.05) is 26.7 Å². The lowest BCUT2D eigenvalue weighted by molar-refractivity contribution is -0.132. The molecule has 1 aliphatic carbocycles. The molecule has 0 bridgehead atoms. The van der Waals surface area contributed by atoms with Crippen molar-refractivity contribution in [3.63, 3.8) is 0 Å². The summed E-state index contributed by atoms with van der Waals surface area (Å²) in [6.45, 7) is 6.62. The highest BCUT2D eigenvalue weighted by Crippen LogP contribution is 2.43. The highest BCUT2D eigenvalue weighted by atomic mass is 16.2. The van der Waals surface area contributed by atoms with Crippen LogP contribution < -0.4 is 10.6 Å². The summed E-state index contributed by atoms with van der Waals surface area (Å²) in [5, 5.41) is 6.78. The first kappa shape index (κ1) is 14.8. The van der Waals surface area contributed by atoms with Gasteiger partial charge in [-0.05, 0) is 57.5 Å². The van der Waals surface area contributed by atoms with Gasteiger partial charge in [0.15, 0.2) is 0 Å². The third kappa shape index (κ3) is 3.95. The van der Waals surface area contributed by atoms with Gasteiger partial charge in [-0.2, -0.15) is 0 Å². The summed E-state index contributed by atoms with van der Waals surface area (Å²) < 4.78 is 0. The molecule has 1 amide bonds. The molecule has 1 atom stereocenters. The van der Waals surface area contributed by atoms with E-state index in [2.05, 4.69) is 24.5 Å². The molecule has 1 saturated heterocycles. The van der Waals surface area contributed by atoms with E-state index in [1.807, 2.05) is 0 Å². The second kappa shape index (κ2) is 6.74. The summed E-state index contributed by atoms with van der Waals surface area (Å²) in [7, 11) is 0. The quantitative estimate of drug-likeness (QED) is 0.821. The molecule has 0 radical (unpaired) electrons. The number of carbonyl (C=O) groups is 1. The van der Waals surface area contributed by atoms with Crippen molar-refractivity contribution in [2.75, 3.05) is 13.1 Å². The molecule has 0 aromatic rings. The van der Waals surface area contributed by atoms with Gasteiger partial charge < -0.3 is 10.6 Å². The van der Waals surface area contributed by atoms with Crippen molar-refractivity contribution in [2.24, 2.45) is 11.3 Å². The van der Waals surface area contributed by atoms with Gasteiger partial charge in [0, 0.05) is 11.5 Å². The Bertz CT molecular complexity index is 287. The monoisotopic (exact) mass is 266 g/mol. The van der Waals surface area contributed by atoms with Gasteiger partial charge in [-0.15, -0.1) is 0 Å². The van der Waals surface area contributed by atoms with Crippen LogP contribution in [-0.4, -0.2) is 25.0 Å². The molecule has 110 valence electrons. The predicted molar refractivity (Wildman–Crippen MR) is 79.0 cm³/mol. The van der Waals surface area contributed by atoms with Crippen LogP contribution in [0, 0.1) is 11.3 Å². The molecular formula is C16H30N2O. The Hall–Kier alpha value is -0.570. The average Bonchev–Trinajstić information content (AvgIpc) is 2.67. The zero-order valence-electron chi connectivity index (χ0n) is 12.6. The van der Waals surface area contributed by atoms with E-state index in [-0.39, 0.29) is 5.41 Å². The molecule has 2 aliphatic rings. The maximum absolute atomic E-state index is 12.8. The van der Waals surface area contributed by atoms with Gasteiger partial charge in [-0.25, -0.2) is 0 Å². The van der Waals surface area contributed by atoms with Crippen molar-refractivity contribution in [1.82, 2.24) is 10.6 Å². The molecule has 0 aromatic heterocycles. The van der Waals surface area contributed by atoms with Crippen LogP contribution in [-0.2, 0) is 4.79 Å². The van der Waals surface area contributed by atoms with E-state index in [1.165, 1.54) is 19.3 Å². The minimum Gasteiger partial charge on any atom is -0.353 e. The van der Waals surface area contributed by atoms with Crippen molar-refractivity contribution in [3.05, 3.63) is 0 Å². The lowest BCUT2D eigenvalue weighted by Gasteiger charge is -2.31. The largest absolute Gasteiger partial charge is 0.353 e. The molecule has 2 rings (SSSR count). The normalized spacial score (nSPS) is 27.2. The Morgan fingerprint density at radius 1 is 1.21 bits per heavy atom. The highest BCUT2D eigenvalue weighted by Gasteiger charge is 2.41. The minimum absolute atomic E-state index is 0.0477. The molecular weight excluding hydrogens is 236 g/mol. The molecule has 1 aliphatic heterocycles. The van der Waals surface area contributed by atoms with Gasteiger partial charge in [0.25, 0.3) is 0 Å². The third-order valence-corrected chi connectivity index (χ3v) is 4.75. The Balaban J connectivity index is 1.95. The van der Waals surface area contributed by atoms with Crippen LogP contribution in [0.1, 0.15) is 65.2 Å². The number of amides is 1. The number of carbonyl (C=O) groups excluding carboxylic acids is 1. The van der Waals surface area contributed by atoms with Crippen LogP contribution in [0.25, 0.3) is 0 Å². The van der Waals surface area contributed by atoms with Gasteiger partial charge in [0.05, 0.1) is 0 Å². The van der Waals surface area contributed by atoms with Crippen LogP contribution >= 0.6 is 0 Å². The van der Waals surface area contributed by atoms with E-state index >= 15 is 0 Å². The number of hydrogen-bond acceptors (Lipinski definition) is 2. The van der Waals surface area contributed by atoms with Gasteiger partial charge in [0.1, 0.15) is 0 Å². The van der Waals surface area contributed by atoms with Crippen molar-refractivity contribution >= 4 is 5.91 Å². The lowest BCUT2D eigenvalue weighted by atomic mass is 9.77. The first-order valence-corrected chi connectivity index (χ1v) is 8.14.